The number of rotatable bonds is 15. The Kier molecular flexibility index (Phi) is 14.6. The lowest BCUT2D eigenvalue weighted by molar-refractivity contribution is -0.128. The van der Waals surface area contributed by atoms with Crippen molar-refractivity contribution in [1.29, 1.82) is 0 Å². The van der Waals surface area contributed by atoms with Crippen LogP contribution in [0.5, 0.6) is 0 Å². The van der Waals surface area contributed by atoms with Gasteiger partial charge >= 0.3 is 0 Å². The number of carbonyl (C=O) groups is 2. The van der Waals surface area contributed by atoms with Gasteiger partial charge in [-0.2, -0.15) is 0 Å². The molecule has 0 aromatic heterocycles. The molecule has 0 aromatic rings. The fourth-order valence-electron chi connectivity index (χ4n) is 2.16. The van der Waals surface area contributed by atoms with Crippen LogP contribution in [-0.4, -0.2) is 77.1 Å². The highest BCUT2D eigenvalue weighted by Crippen LogP contribution is 2.46. The smallest absolute Gasteiger partial charge is 0.259 e. The zero-order chi connectivity index (χ0) is 23.5. The number of hydrogen-bond acceptors (Lipinski definition) is 9. The number of ether oxygens (including phenoxy) is 2. The summed E-state index contributed by atoms with van der Waals surface area (Å²) in [6.07, 6.45) is 0. The molecule has 0 saturated carbocycles. The first-order valence-electron chi connectivity index (χ1n) is 10.1. The summed E-state index contributed by atoms with van der Waals surface area (Å²) in [4.78, 5) is 24.3. The molecule has 0 fully saturated rings. The van der Waals surface area contributed by atoms with Crippen LogP contribution in [0.3, 0.4) is 0 Å². The summed E-state index contributed by atoms with van der Waals surface area (Å²) in [5.74, 6) is 1.04. The Morgan fingerprint density at radius 1 is 0.800 bits per heavy atom. The molecular formula is C20H40NO6PS2. The summed E-state index contributed by atoms with van der Waals surface area (Å²) >= 11 is 2.40. The van der Waals surface area contributed by atoms with Gasteiger partial charge in [0.15, 0.2) is 0 Å². The molecule has 0 aliphatic heterocycles. The first kappa shape index (κ1) is 30.3. The molecule has 0 aromatic carbocycles. The predicted molar refractivity (Wildman–Crippen MR) is 128 cm³/mol. The van der Waals surface area contributed by atoms with Crippen LogP contribution in [0.15, 0.2) is 0 Å². The monoisotopic (exact) mass is 485 g/mol. The van der Waals surface area contributed by atoms with Crippen molar-refractivity contribution in [2.24, 2.45) is 0 Å². The average molecular weight is 486 g/mol. The Bertz CT molecular complexity index is 487. The summed E-state index contributed by atoms with van der Waals surface area (Å²) < 4.78 is 24.7. The van der Waals surface area contributed by atoms with Crippen LogP contribution in [0, 0.1) is 0 Å². The van der Waals surface area contributed by atoms with Crippen LogP contribution < -0.4 is 0 Å². The lowest BCUT2D eigenvalue weighted by atomic mass is 10.2. The zero-order valence-corrected chi connectivity index (χ0v) is 22.7. The molecule has 0 unspecified atom stereocenters. The van der Waals surface area contributed by atoms with Gasteiger partial charge in [0.05, 0.1) is 13.2 Å². The first-order valence-corrected chi connectivity index (χ1v) is 13.2. The minimum atomic E-state index is -1.31. The Hall–Kier alpha value is 0.270. The van der Waals surface area contributed by atoms with E-state index in [1.54, 1.807) is 27.7 Å². The van der Waals surface area contributed by atoms with Gasteiger partial charge in [0.25, 0.3) is 8.53 Å². The predicted octanol–water partition coefficient (Wildman–Crippen LogP) is 4.73. The van der Waals surface area contributed by atoms with E-state index in [0.29, 0.717) is 24.7 Å². The van der Waals surface area contributed by atoms with Gasteiger partial charge in [-0.3, -0.25) is 9.59 Å². The van der Waals surface area contributed by atoms with Gasteiger partial charge in [-0.1, -0.05) is 23.5 Å². The third-order valence-electron chi connectivity index (χ3n) is 4.29. The van der Waals surface area contributed by atoms with Gasteiger partial charge in [-0.25, -0.2) is 4.67 Å². The van der Waals surface area contributed by atoms with Gasteiger partial charge < -0.3 is 18.5 Å². The van der Waals surface area contributed by atoms with Gasteiger partial charge in [-0.05, 0) is 55.4 Å². The first-order chi connectivity index (χ1) is 13.8. The zero-order valence-electron chi connectivity index (χ0n) is 20.1. The molecule has 0 radical (unpaired) electrons. The van der Waals surface area contributed by atoms with Crippen LogP contribution in [0.2, 0.25) is 0 Å². The van der Waals surface area contributed by atoms with E-state index in [4.69, 9.17) is 18.5 Å². The number of carbonyl (C=O) groups excluding carboxylic acids is 2. The van der Waals surface area contributed by atoms with E-state index in [1.807, 2.05) is 0 Å². The van der Waals surface area contributed by atoms with Crippen molar-refractivity contribution in [2.45, 2.75) is 78.7 Å². The second-order valence-corrected chi connectivity index (χ2v) is 11.8. The fourth-order valence-corrected chi connectivity index (χ4v) is 5.56. The Labute approximate surface area is 192 Å². The van der Waals surface area contributed by atoms with Crippen molar-refractivity contribution in [1.82, 2.24) is 4.67 Å². The molecule has 0 bridgehead atoms. The average Bonchev–Trinajstić information content (AvgIpc) is 2.66. The standard InChI is InChI=1S/C20H40NO6PS2/c1-15(2)21(16(3)4)28(26-11-13-29-17(22)19(5,6)24-9)27-12-14-30-18(23)20(7,8)25-10/h15-16H,11-14H2,1-10H3. The summed E-state index contributed by atoms with van der Waals surface area (Å²) in [5, 5.41) is -0.0572. The molecule has 178 valence electrons. The van der Waals surface area contributed by atoms with E-state index in [-0.39, 0.29) is 22.3 Å². The number of thioether (sulfide) groups is 2. The van der Waals surface area contributed by atoms with Gasteiger partial charge in [0, 0.05) is 37.8 Å². The summed E-state index contributed by atoms with van der Waals surface area (Å²) in [5.41, 5.74) is -1.62. The lowest BCUT2D eigenvalue weighted by Crippen LogP contribution is -2.34. The highest BCUT2D eigenvalue weighted by Gasteiger charge is 2.30. The number of nitrogens with zero attached hydrogens (tertiary/aromatic N) is 1. The van der Waals surface area contributed by atoms with Crippen molar-refractivity contribution < 1.29 is 28.1 Å². The third kappa shape index (κ3) is 10.7. The maximum Gasteiger partial charge on any atom is 0.259 e. The normalized spacial score (nSPS) is 13.1. The van der Waals surface area contributed by atoms with E-state index >= 15 is 0 Å². The largest absolute Gasteiger partial charge is 0.370 e. The van der Waals surface area contributed by atoms with E-state index in [0.717, 1.165) is 0 Å². The summed E-state index contributed by atoms with van der Waals surface area (Å²) in [6.45, 7) is 16.2. The van der Waals surface area contributed by atoms with E-state index in [1.165, 1.54) is 37.7 Å². The van der Waals surface area contributed by atoms with Crippen molar-refractivity contribution in [3.05, 3.63) is 0 Å². The highest BCUT2D eigenvalue weighted by molar-refractivity contribution is 8.14. The molecule has 0 rings (SSSR count). The molecule has 30 heavy (non-hydrogen) atoms. The third-order valence-corrected chi connectivity index (χ3v) is 8.64. The lowest BCUT2D eigenvalue weighted by Gasteiger charge is -2.35. The topological polar surface area (TPSA) is 74.3 Å². The molecule has 0 spiro atoms. The minimum Gasteiger partial charge on any atom is -0.370 e. The summed E-state index contributed by atoms with van der Waals surface area (Å²) in [6, 6.07) is 0.471. The molecule has 10 heteroatoms. The highest BCUT2D eigenvalue weighted by atomic mass is 32.2. The second kappa shape index (κ2) is 14.4. The molecule has 0 aliphatic carbocycles. The van der Waals surface area contributed by atoms with Crippen molar-refractivity contribution in [3.8, 4) is 0 Å². The van der Waals surface area contributed by atoms with E-state index in [9.17, 15) is 9.59 Å². The van der Waals surface area contributed by atoms with Crippen LogP contribution in [0.1, 0.15) is 55.4 Å². The molecule has 0 aliphatic rings. The maximum absolute atomic E-state index is 12.2. The van der Waals surface area contributed by atoms with Gasteiger partial charge in [0.2, 0.25) is 10.2 Å². The van der Waals surface area contributed by atoms with Crippen molar-refractivity contribution in [2.75, 3.05) is 38.9 Å². The number of methoxy groups -OCH3 is 2. The molecule has 0 amide bonds. The summed E-state index contributed by atoms with van der Waals surface area (Å²) in [7, 11) is 1.75. The molecule has 7 nitrogen and oxygen atoms in total. The van der Waals surface area contributed by atoms with Crippen molar-refractivity contribution >= 4 is 42.3 Å². The van der Waals surface area contributed by atoms with Crippen LogP contribution in [-0.2, 0) is 28.1 Å². The molecule has 0 N–H and O–H groups in total. The fraction of sp³-hybridized carbons (Fsp3) is 0.900. The molecule has 0 atom stereocenters. The van der Waals surface area contributed by atoms with Crippen LogP contribution in [0.4, 0.5) is 0 Å². The van der Waals surface area contributed by atoms with Crippen molar-refractivity contribution in [3.63, 3.8) is 0 Å². The SMILES string of the molecule is COC(C)(C)C(=O)SCCOP(OCCSC(=O)C(C)(C)OC)N(C(C)C)C(C)C. The van der Waals surface area contributed by atoms with Gasteiger partial charge in [0.1, 0.15) is 11.2 Å². The maximum atomic E-state index is 12.2. The van der Waals surface area contributed by atoms with E-state index < -0.39 is 19.7 Å². The molecule has 0 saturated heterocycles. The quantitative estimate of drug-likeness (QED) is 0.242. The van der Waals surface area contributed by atoms with Crippen LogP contribution in [0.25, 0.3) is 0 Å². The number of hydrogen-bond donors (Lipinski definition) is 0. The van der Waals surface area contributed by atoms with Crippen LogP contribution >= 0.6 is 32.0 Å². The second-order valence-electron chi connectivity index (χ2n) is 8.17. The Morgan fingerprint density at radius 2 is 1.13 bits per heavy atom. The van der Waals surface area contributed by atoms with Gasteiger partial charge in [-0.15, -0.1) is 0 Å². The minimum absolute atomic E-state index is 0.0286. The van der Waals surface area contributed by atoms with E-state index in [2.05, 4.69) is 32.4 Å². The molecular weight excluding hydrogens is 445 g/mol. The Morgan fingerprint density at radius 3 is 1.40 bits per heavy atom. The Balaban J connectivity index is 4.74. The molecule has 0 heterocycles.